The van der Waals surface area contributed by atoms with Gasteiger partial charge in [0.1, 0.15) is 11.6 Å². The van der Waals surface area contributed by atoms with E-state index in [2.05, 4.69) is 0 Å². The zero-order valence-electron chi connectivity index (χ0n) is 11.9. The summed E-state index contributed by atoms with van der Waals surface area (Å²) in [5.74, 6) is -7.20. The Bertz CT molecular complexity index is 632. The van der Waals surface area contributed by atoms with E-state index in [0.29, 0.717) is 0 Å². The van der Waals surface area contributed by atoms with E-state index in [1.165, 1.54) is 13.2 Å². The lowest BCUT2D eigenvalue weighted by atomic mass is 9.96. The van der Waals surface area contributed by atoms with Gasteiger partial charge in [0.25, 0.3) is 5.91 Å². The van der Waals surface area contributed by atoms with Crippen LogP contribution in [0.2, 0.25) is 0 Å². The molecule has 0 aliphatic carbocycles. The minimum atomic E-state index is -4.75. The Labute approximate surface area is 128 Å². The number of nitrogens with zero attached hydrogens (tertiary/aromatic N) is 1. The molecule has 0 bridgehead atoms. The second kappa shape index (κ2) is 6.05. The first-order chi connectivity index (χ1) is 10.6. The second-order valence-electron chi connectivity index (χ2n) is 5.15. The van der Waals surface area contributed by atoms with Crippen molar-refractivity contribution in [1.29, 1.82) is 0 Å². The molecule has 5 nitrogen and oxygen atoms in total. The standard InChI is InChI=1S/C14H13F4NO4/c1-23-11-3-2-7(15)4-8(11)12(20)19-5-9(13(21)22)10(6-19)14(16,17)18/h2-4,9-10H,5-6H2,1H3,(H,21,22)/t9-,10-/m1/s1. The summed E-state index contributed by atoms with van der Waals surface area (Å²) >= 11 is 0. The number of carboxylic acids is 1. The Morgan fingerprint density at radius 3 is 2.43 bits per heavy atom. The normalized spacial score (nSPS) is 21.3. The number of carboxylic acid groups (broad SMARTS) is 1. The van der Waals surface area contributed by atoms with Gasteiger partial charge in [0, 0.05) is 13.1 Å². The average molecular weight is 335 g/mol. The van der Waals surface area contributed by atoms with Crippen LogP contribution in [0.3, 0.4) is 0 Å². The van der Waals surface area contributed by atoms with Crippen LogP contribution in [0.5, 0.6) is 5.75 Å². The molecule has 0 radical (unpaired) electrons. The van der Waals surface area contributed by atoms with Crippen molar-refractivity contribution in [2.24, 2.45) is 11.8 Å². The van der Waals surface area contributed by atoms with E-state index in [4.69, 9.17) is 9.84 Å². The van der Waals surface area contributed by atoms with Crippen molar-refractivity contribution in [3.63, 3.8) is 0 Å². The lowest BCUT2D eigenvalue weighted by Gasteiger charge is -2.19. The molecular weight excluding hydrogens is 322 g/mol. The molecule has 0 saturated carbocycles. The monoisotopic (exact) mass is 335 g/mol. The molecule has 0 aromatic heterocycles. The highest BCUT2D eigenvalue weighted by Gasteiger charge is 2.53. The van der Waals surface area contributed by atoms with Crippen molar-refractivity contribution < 1.29 is 37.0 Å². The fraction of sp³-hybridized carbons (Fsp3) is 0.429. The first-order valence-corrected chi connectivity index (χ1v) is 6.57. The number of ether oxygens (including phenoxy) is 1. The predicted octanol–water partition coefficient (Wildman–Crippen LogP) is 2.17. The fourth-order valence-corrected chi connectivity index (χ4v) is 2.57. The molecule has 9 heteroatoms. The smallest absolute Gasteiger partial charge is 0.394 e. The Hall–Kier alpha value is -2.32. The molecule has 1 saturated heterocycles. The molecule has 1 aliphatic rings. The van der Waals surface area contributed by atoms with Crippen LogP contribution in [0, 0.1) is 17.7 Å². The van der Waals surface area contributed by atoms with E-state index < -0.39 is 48.8 Å². The van der Waals surface area contributed by atoms with Gasteiger partial charge in [0.15, 0.2) is 0 Å². The molecule has 1 amide bonds. The third-order valence-electron chi connectivity index (χ3n) is 3.74. The van der Waals surface area contributed by atoms with Crippen LogP contribution in [0.25, 0.3) is 0 Å². The molecule has 1 N–H and O–H groups in total. The Balaban J connectivity index is 2.31. The zero-order valence-corrected chi connectivity index (χ0v) is 11.9. The second-order valence-corrected chi connectivity index (χ2v) is 5.15. The van der Waals surface area contributed by atoms with E-state index in [0.717, 1.165) is 17.0 Å². The van der Waals surface area contributed by atoms with Crippen LogP contribution >= 0.6 is 0 Å². The molecule has 0 unspecified atom stereocenters. The number of aliphatic carboxylic acids is 1. The summed E-state index contributed by atoms with van der Waals surface area (Å²) in [7, 11) is 1.23. The van der Waals surface area contributed by atoms with Gasteiger partial charge < -0.3 is 14.7 Å². The van der Waals surface area contributed by atoms with Crippen LogP contribution in [0.1, 0.15) is 10.4 Å². The van der Waals surface area contributed by atoms with Crippen molar-refractivity contribution in [2.45, 2.75) is 6.18 Å². The molecule has 2 rings (SSSR count). The van der Waals surface area contributed by atoms with E-state index in [1.807, 2.05) is 0 Å². The number of carbonyl (C=O) groups excluding carboxylic acids is 1. The Kier molecular flexibility index (Phi) is 4.49. The van der Waals surface area contributed by atoms with E-state index in [9.17, 15) is 27.2 Å². The number of benzene rings is 1. The van der Waals surface area contributed by atoms with Crippen molar-refractivity contribution in [3.05, 3.63) is 29.6 Å². The minimum Gasteiger partial charge on any atom is -0.496 e. The number of methoxy groups -OCH3 is 1. The highest BCUT2D eigenvalue weighted by molar-refractivity contribution is 5.97. The first-order valence-electron chi connectivity index (χ1n) is 6.57. The average Bonchev–Trinajstić information content (AvgIpc) is 2.92. The summed E-state index contributed by atoms with van der Waals surface area (Å²) in [5.41, 5.74) is -0.250. The summed E-state index contributed by atoms with van der Waals surface area (Å²) < 4.78 is 57.0. The highest BCUT2D eigenvalue weighted by Crippen LogP contribution is 2.38. The maximum Gasteiger partial charge on any atom is 0.394 e. The van der Waals surface area contributed by atoms with Crippen molar-refractivity contribution in [1.82, 2.24) is 4.90 Å². The van der Waals surface area contributed by atoms with Crippen molar-refractivity contribution >= 4 is 11.9 Å². The summed E-state index contributed by atoms with van der Waals surface area (Å²) in [5, 5.41) is 8.94. The van der Waals surface area contributed by atoms with Crippen LogP contribution in [0.4, 0.5) is 17.6 Å². The van der Waals surface area contributed by atoms with Gasteiger partial charge in [-0.2, -0.15) is 13.2 Å². The third kappa shape index (κ3) is 3.38. The van der Waals surface area contributed by atoms with Gasteiger partial charge in [-0.05, 0) is 18.2 Å². The van der Waals surface area contributed by atoms with Gasteiger partial charge in [-0.3, -0.25) is 9.59 Å². The summed E-state index contributed by atoms with van der Waals surface area (Å²) in [4.78, 5) is 24.1. The number of carbonyl (C=O) groups is 2. The van der Waals surface area contributed by atoms with Gasteiger partial charge in [0.05, 0.1) is 24.5 Å². The molecule has 1 aromatic rings. The van der Waals surface area contributed by atoms with Crippen LogP contribution in [-0.2, 0) is 4.79 Å². The third-order valence-corrected chi connectivity index (χ3v) is 3.74. The molecule has 23 heavy (non-hydrogen) atoms. The number of halogens is 4. The molecule has 1 aliphatic heterocycles. The molecule has 1 heterocycles. The Morgan fingerprint density at radius 2 is 1.96 bits per heavy atom. The highest BCUT2D eigenvalue weighted by atomic mass is 19.4. The lowest BCUT2D eigenvalue weighted by molar-refractivity contribution is -0.187. The number of likely N-dealkylation sites (tertiary alicyclic amines) is 1. The summed E-state index contributed by atoms with van der Waals surface area (Å²) in [6.45, 7) is -1.39. The van der Waals surface area contributed by atoms with E-state index >= 15 is 0 Å². The van der Waals surface area contributed by atoms with Crippen LogP contribution in [0.15, 0.2) is 18.2 Å². The van der Waals surface area contributed by atoms with Crippen molar-refractivity contribution in [3.8, 4) is 5.75 Å². The van der Waals surface area contributed by atoms with E-state index in [-0.39, 0.29) is 11.3 Å². The molecule has 1 aromatic carbocycles. The fourth-order valence-electron chi connectivity index (χ4n) is 2.57. The zero-order chi connectivity index (χ0) is 17.4. The van der Waals surface area contributed by atoms with Gasteiger partial charge in [-0.25, -0.2) is 4.39 Å². The number of alkyl halides is 3. The molecule has 2 atom stereocenters. The van der Waals surface area contributed by atoms with E-state index in [1.54, 1.807) is 0 Å². The number of hydrogen-bond acceptors (Lipinski definition) is 3. The maximum atomic E-state index is 13.3. The summed E-state index contributed by atoms with van der Waals surface area (Å²) in [6.07, 6.45) is -4.75. The predicted molar refractivity (Wildman–Crippen MR) is 69.5 cm³/mol. The van der Waals surface area contributed by atoms with Gasteiger partial charge in [-0.1, -0.05) is 0 Å². The van der Waals surface area contributed by atoms with Crippen LogP contribution in [-0.4, -0.2) is 48.3 Å². The molecule has 1 fully saturated rings. The quantitative estimate of drug-likeness (QED) is 0.860. The number of amides is 1. The number of rotatable bonds is 3. The Morgan fingerprint density at radius 1 is 1.30 bits per heavy atom. The maximum absolute atomic E-state index is 13.3. The van der Waals surface area contributed by atoms with Gasteiger partial charge in [0.2, 0.25) is 0 Å². The molecular formula is C14H13F4NO4. The minimum absolute atomic E-state index is 0.00117. The number of hydrogen-bond donors (Lipinski definition) is 1. The SMILES string of the molecule is COc1ccc(F)cc1C(=O)N1C[C@@H](C(F)(F)F)[C@H](C(=O)O)C1. The lowest BCUT2D eigenvalue weighted by Crippen LogP contribution is -2.34. The van der Waals surface area contributed by atoms with Crippen molar-refractivity contribution in [2.75, 3.05) is 20.2 Å². The van der Waals surface area contributed by atoms with Crippen LogP contribution < -0.4 is 4.74 Å². The molecule has 0 spiro atoms. The topological polar surface area (TPSA) is 66.8 Å². The first kappa shape index (κ1) is 17.0. The van der Waals surface area contributed by atoms with Gasteiger partial charge >= 0.3 is 12.1 Å². The molecule has 126 valence electrons. The van der Waals surface area contributed by atoms with Gasteiger partial charge in [-0.15, -0.1) is 0 Å². The summed E-state index contributed by atoms with van der Waals surface area (Å²) in [6, 6.07) is 3.06. The largest absolute Gasteiger partial charge is 0.496 e.